The van der Waals surface area contributed by atoms with Gasteiger partial charge in [0.15, 0.2) is 5.82 Å². The highest BCUT2D eigenvalue weighted by Gasteiger charge is 2.18. The van der Waals surface area contributed by atoms with E-state index in [2.05, 4.69) is 121 Å². The van der Waals surface area contributed by atoms with Gasteiger partial charge < -0.3 is 4.42 Å². The van der Waals surface area contributed by atoms with Crippen molar-refractivity contribution in [3.63, 3.8) is 0 Å². The molecule has 3 nitrogen and oxygen atoms in total. The first-order valence-electron chi connectivity index (χ1n) is 13.7. The molecule has 0 fully saturated rings. The van der Waals surface area contributed by atoms with Crippen LogP contribution in [0.4, 0.5) is 0 Å². The molecule has 8 rings (SSSR count). The summed E-state index contributed by atoms with van der Waals surface area (Å²) in [5, 5.41) is 4.39. The van der Waals surface area contributed by atoms with Gasteiger partial charge in [0.1, 0.15) is 5.58 Å². The van der Waals surface area contributed by atoms with Crippen LogP contribution in [0.5, 0.6) is 0 Å². The summed E-state index contributed by atoms with van der Waals surface area (Å²) < 4.78 is 6.30. The van der Waals surface area contributed by atoms with Crippen LogP contribution in [0.2, 0.25) is 0 Å². The molecule has 8 aromatic rings. The minimum atomic E-state index is 0.590. The maximum absolute atomic E-state index is 6.30. The monoisotopic (exact) mass is 524 g/mol. The molecule has 6 aromatic carbocycles. The van der Waals surface area contributed by atoms with Gasteiger partial charge in [-0.2, -0.15) is 4.98 Å². The molecule has 192 valence electrons. The Morgan fingerprint density at radius 3 is 1.93 bits per heavy atom. The second-order valence-electron chi connectivity index (χ2n) is 10.3. The molecule has 0 radical (unpaired) electrons. The zero-order valence-electron chi connectivity index (χ0n) is 22.2. The van der Waals surface area contributed by atoms with Crippen LogP contribution in [0.25, 0.3) is 77.7 Å². The first kappa shape index (κ1) is 23.4. The highest BCUT2D eigenvalue weighted by atomic mass is 16.3. The summed E-state index contributed by atoms with van der Waals surface area (Å²) in [5.74, 6) is 0.638. The molecule has 2 aromatic heterocycles. The van der Waals surface area contributed by atoms with E-state index >= 15 is 0 Å². The van der Waals surface area contributed by atoms with Gasteiger partial charge in [-0.3, -0.25) is 0 Å². The summed E-state index contributed by atoms with van der Waals surface area (Å²) in [7, 11) is 0. The van der Waals surface area contributed by atoms with Crippen molar-refractivity contribution in [2.45, 2.75) is 0 Å². The fraction of sp³-hybridized carbons (Fsp3) is 0. The Kier molecular flexibility index (Phi) is 5.46. The Bertz CT molecular complexity index is 2210. The number of aromatic nitrogens is 2. The summed E-state index contributed by atoms with van der Waals surface area (Å²) >= 11 is 0. The summed E-state index contributed by atoms with van der Waals surface area (Å²) in [6.45, 7) is 0. The Morgan fingerprint density at radius 2 is 1.05 bits per heavy atom. The number of benzene rings is 6. The second kappa shape index (κ2) is 9.58. The molecular formula is C38H24N2O. The normalized spacial score (nSPS) is 11.4. The molecule has 0 amide bonds. The van der Waals surface area contributed by atoms with Crippen LogP contribution >= 0.6 is 0 Å². The molecule has 0 saturated heterocycles. The van der Waals surface area contributed by atoms with Gasteiger partial charge in [-0.15, -0.1) is 0 Å². The van der Waals surface area contributed by atoms with E-state index in [9.17, 15) is 0 Å². The third-order valence-electron chi connectivity index (χ3n) is 7.69. The van der Waals surface area contributed by atoms with Gasteiger partial charge in [0.05, 0.1) is 11.1 Å². The molecule has 0 spiro atoms. The fourth-order valence-corrected chi connectivity index (χ4v) is 5.64. The van der Waals surface area contributed by atoms with E-state index in [1.807, 2.05) is 24.3 Å². The maximum atomic E-state index is 6.30. The number of rotatable bonds is 4. The molecule has 3 heteroatoms. The van der Waals surface area contributed by atoms with Gasteiger partial charge in [0.2, 0.25) is 5.71 Å². The molecule has 0 saturated carbocycles. The Hall–Kier alpha value is -5.54. The Labute approximate surface area is 237 Å². The van der Waals surface area contributed by atoms with Gasteiger partial charge in [-0.1, -0.05) is 121 Å². The second-order valence-corrected chi connectivity index (χ2v) is 10.3. The summed E-state index contributed by atoms with van der Waals surface area (Å²) in [4.78, 5) is 10.2. The molecule has 0 aliphatic heterocycles. The SMILES string of the molecule is c1ccc(-c2cccc(-c3nc(-c4cccc(-c5ccc6ccccc6c5)c4)nc4oc5ccccc5c34)c2)cc1. The summed E-state index contributed by atoms with van der Waals surface area (Å²) in [6.07, 6.45) is 0. The first-order valence-corrected chi connectivity index (χ1v) is 13.7. The quantitative estimate of drug-likeness (QED) is 0.230. The standard InChI is InChI=1S/C38H24N2O/c1-2-10-25(11-3-1)28-14-8-16-31(23-28)36-35-33-18-6-7-19-34(33)41-38(35)40-37(39-36)32-17-9-15-29(24-32)30-21-20-26-12-4-5-13-27(26)22-30/h1-24H. The van der Waals surface area contributed by atoms with E-state index in [0.717, 1.165) is 49.9 Å². The van der Waals surface area contributed by atoms with Crippen molar-refractivity contribution >= 4 is 32.8 Å². The van der Waals surface area contributed by atoms with Crippen molar-refractivity contribution in [2.24, 2.45) is 0 Å². The van der Waals surface area contributed by atoms with Gasteiger partial charge in [0, 0.05) is 16.5 Å². The molecule has 41 heavy (non-hydrogen) atoms. The summed E-state index contributed by atoms with van der Waals surface area (Å²) in [6, 6.07) is 50.5. The van der Waals surface area contributed by atoms with Crippen molar-refractivity contribution in [3.8, 4) is 44.9 Å². The van der Waals surface area contributed by atoms with E-state index in [1.54, 1.807) is 0 Å². The molecule has 0 aliphatic carbocycles. The van der Waals surface area contributed by atoms with Crippen LogP contribution in [-0.2, 0) is 0 Å². The fourth-order valence-electron chi connectivity index (χ4n) is 5.64. The number of hydrogen-bond donors (Lipinski definition) is 0. The zero-order valence-corrected chi connectivity index (χ0v) is 22.2. The topological polar surface area (TPSA) is 38.9 Å². The first-order chi connectivity index (χ1) is 20.3. The highest BCUT2D eigenvalue weighted by Crippen LogP contribution is 2.38. The van der Waals surface area contributed by atoms with Crippen molar-refractivity contribution in [2.75, 3.05) is 0 Å². The van der Waals surface area contributed by atoms with E-state index in [0.29, 0.717) is 11.5 Å². The molecule has 2 heterocycles. The minimum absolute atomic E-state index is 0.590. The largest absolute Gasteiger partial charge is 0.438 e. The van der Waals surface area contributed by atoms with Crippen LogP contribution in [-0.4, -0.2) is 9.97 Å². The predicted molar refractivity (Wildman–Crippen MR) is 169 cm³/mol. The minimum Gasteiger partial charge on any atom is -0.438 e. The third kappa shape index (κ3) is 4.16. The Morgan fingerprint density at radius 1 is 0.415 bits per heavy atom. The molecule has 0 unspecified atom stereocenters. The van der Waals surface area contributed by atoms with Crippen LogP contribution in [0.3, 0.4) is 0 Å². The lowest BCUT2D eigenvalue weighted by Gasteiger charge is -2.10. The number of furan rings is 1. The zero-order chi connectivity index (χ0) is 27.2. The average molecular weight is 525 g/mol. The van der Waals surface area contributed by atoms with E-state index in [-0.39, 0.29) is 0 Å². The average Bonchev–Trinajstić information content (AvgIpc) is 3.43. The van der Waals surface area contributed by atoms with Crippen molar-refractivity contribution < 1.29 is 4.42 Å². The van der Waals surface area contributed by atoms with Crippen molar-refractivity contribution in [1.82, 2.24) is 9.97 Å². The lowest BCUT2D eigenvalue weighted by Crippen LogP contribution is -1.94. The molecule has 0 atom stereocenters. The van der Waals surface area contributed by atoms with E-state index in [1.165, 1.54) is 16.3 Å². The molecule has 0 aliphatic rings. The molecule has 0 N–H and O–H groups in total. The third-order valence-corrected chi connectivity index (χ3v) is 7.69. The lowest BCUT2D eigenvalue weighted by atomic mass is 9.98. The van der Waals surface area contributed by atoms with Crippen LogP contribution in [0, 0.1) is 0 Å². The van der Waals surface area contributed by atoms with E-state index in [4.69, 9.17) is 14.4 Å². The number of fused-ring (bicyclic) bond motifs is 4. The van der Waals surface area contributed by atoms with Crippen LogP contribution < -0.4 is 0 Å². The molecular weight excluding hydrogens is 500 g/mol. The lowest BCUT2D eigenvalue weighted by molar-refractivity contribution is 0.653. The summed E-state index contributed by atoms with van der Waals surface area (Å²) in [5.41, 5.74) is 8.81. The van der Waals surface area contributed by atoms with E-state index < -0.39 is 0 Å². The van der Waals surface area contributed by atoms with Gasteiger partial charge in [0.25, 0.3) is 0 Å². The predicted octanol–water partition coefficient (Wildman–Crippen LogP) is 10.2. The highest BCUT2D eigenvalue weighted by molar-refractivity contribution is 6.10. The Balaban J connectivity index is 1.32. The van der Waals surface area contributed by atoms with Gasteiger partial charge in [-0.05, 0) is 57.3 Å². The van der Waals surface area contributed by atoms with Crippen LogP contribution in [0.1, 0.15) is 0 Å². The maximum Gasteiger partial charge on any atom is 0.231 e. The smallest absolute Gasteiger partial charge is 0.231 e. The van der Waals surface area contributed by atoms with Crippen molar-refractivity contribution in [1.29, 1.82) is 0 Å². The van der Waals surface area contributed by atoms with Crippen molar-refractivity contribution in [3.05, 3.63) is 146 Å². The van der Waals surface area contributed by atoms with Crippen LogP contribution in [0.15, 0.2) is 150 Å². The number of para-hydroxylation sites is 1. The van der Waals surface area contributed by atoms with Gasteiger partial charge in [-0.25, -0.2) is 4.98 Å². The van der Waals surface area contributed by atoms with Gasteiger partial charge >= 0.3 is 0 Å². The number of hydrogen-bond acceptors (Lipinski definition) is 3. The molecule has 0 bridgehead atoms. The number of nitrogens with zero attached hydrogens (tertiary/aromatic N) is 2.